The van der Waals surface area contributed by atoms with Crippen LogP contribution in [0.1, 0.15) is 35.7 Å². The van der Waals surface area contributed by atoms with E-state index in [4.69, 9.17) is 21.6 Å². The Hall–Kier alpha value is -3.42. The number of pyridine rings is 1. The number of rotatable bonds is 7. The van der Waals surface area contributed by atoms with Gasteiger partial charge in [0.1, 0.15) is 5.15 Å². The zero-order valence-electron chi connectivity index (χ0n) is 16.9. The van der Waals surface area contributed by atoms with Gasteiger partial charge in [-0.15, -0.1) is 5.10 Å². The smallest absolute Gasteiger partial charge is 0.268 e. The van der Waals surface area contributed by atoms with Crippen LogP contribution < -0.4 is 9.46 Å². The van der Waals surface area contributed by atoms with Gasteiger partial charge in [-0.1, -0.05) is 24.6 Å². The molecule has 0 spiro atoms. The number of nitrogens with zero attached hydrogens (tertiary/aromatic N) is 4. The van der Waals surface area contributed by atoms with Gasteiger partial charge in [0, 0.05) is 17.7 Å². The van der Waals surface area contributed by atoms with E-state index in [1.807, 2.05) is 10.8 Å². The average Bonchev–Trinajstić information content (AvgIpc) is 3.31. The van der Waals surface area contributed by atoms with Gasteiger partial charge in [-0.05, 0) is 43.2 Å². The molecule has 2 heterocycles. The molecule has 1 aliphatic carbocycles. The fourth-order valence-corrected chi connectivity index (χ4v) is 4.06. The van der Waals surface area contributed by atoms with Gasteiger partial charge in [-0.2, -0.15) is 5.26 Å². The number of carbonyl (C=O) groups excluding carboxylic acids is 1. The number of halogens is 1. The summed E-state index contributed by atoms with van der Waals surface area (Å²) in [5, 5.41) is 13.0. The molecule has 0 bridgehead atoms. The predicted octanol–water partition coefficient (Wildman–Crippen LogP) is 3.09. The van der Waals surface area contributed by atoms with Crippen molar-refractivity contribution in [2.45, 2.75) is 24.7 Å². The molecule has 2 aromatic heterocycles. The van der Waals surface area contributed by atoms with E-state index in [0.29, 0.717) is 18.3 Å². The van der Waals surface area contributed by atoms with Crippen molar-refractivity contribution in [2.75, 3.05) is 6.61 Å². The summed E-state index contributed by atoms with van der Waals surface area (Å²) in [4.78, 5) is 16.5. The molecule has 0 saturated heterocycles. The van der Waals surface area contributed by atoms with Gasteiger partial charge in [-0.25, -0.2) is 22.8 Å². The zero-order chi connectivity index (χ0) is 22.9. The molecule has 1 N–H and O–H groups in total. The van der Waals surface area contributed by atoms with E-state index in [9.17, 15) is 13.2 Å². The SMILES string of the molecule is CC1(COc2ccn(-c3ccc(C(=O)NS(=O)(=O)c4cccc(C#N)c4)c(Cl)n3)n2)CC1. The fraction of sp³-hybridized carbons (Fsp3) is 0.238. The maximum atomic E-state index is 12.5. The standard InChI is InChI=1S/C21H18ClN5O4S/c1-21(8-9-21)13-31-18-7-10-27(25-18)17-6-5-16(19(22)24-17)20(28)26-32(29,30)15-4-2-3-14(11-15)12-23/h2-7,10-11H,8-9,13H2,1H3,(H,26,28). The molecule has 164 valence electrons. The highest BCUT2D eigenvalue weighted by Gasteiger charge is 2.38. The lowest BCUT2D eigenvalue weighted by molar-refractivity contribution is 0.0981. The van der Waals surface area contributed by atoms with Crippen molar-refractivity contribution in [1.82, 2.24) is 19.5 Å². The summed E-state index contributed by atoms with van der Waals surface area (Å²) < 4.78 is 34.1. The van der Waals surface area contributed by atoms with Crippen molar-refractivity contribution in [1.29, 1.82) is 5.26 Å². The van der Waals surface area contributed by atoms with Crippen LogP contribution in [0.25, 0.3) is 5.82 Å². The Morgan fingerprint density at radius 1 is 1.31 bits per heavy atom. The molecule has 1 saturated carbocycles. The summed E-state index contributed by atoms with van der Waals surface area (Å²) in [6, 6.07) is 11.7. The fourth-order valence-electron chi connectivity index (χ4n) is 2.81. The topological polar surface area (TPSA) is 127 Å². The molecule has 1 aromatic carbocycles. The van der Waals surface area contributed by atoms with Crippen LogP contribution >= 0.6 is 11.6 Å². The summed E-state index contributed by atoms with van der Waals surface area (Å²) in [5.74, 6) is -0.161. The third-order valence-corrected chi connectivity index (χ3v) is 6.67. The van der Waals surface area contributed by atoms with Crippen molar-refractivity contribution in [3.8, 4) is 17.8 Å². The lowest BCUT2D eigenvalue weighted by Gasteiger charge is -2.09. The number of aromatic nitrogens is 3. The van der Waals surface area contributed by atoms with Crippen LogP contribution in [0.5, 0.6) is 5.88 Å². The van der Waals surface area contributed by atoms with Crippen molar-refractivity contribution >= 4 is 27.5 Å². The van der Waals surface area contributed by atoms with E-state index >= 15 is 0 Å². The van der Waals surface area contributed by atoms with Crippen LogP contribution in [0.15, 0.2) is 53.6 Å². The molecule has 0 atom stereocenters. The molecule has 32 heavy (non-hydrogen) atoms. The van der Waals surface area contributed by atoms with Crippen molar-refractivity contribution in [3.63, 3.8) is 0 Å². The second-order valence-corrected chi connectivity index (χ2v) is 9.82. The van der Waals surface area contributed by atoms with Crippen molar-refractivity contribution in [2.24, 2.45) is 5.41 Å². The van der Waals surface area contributed by atoms with E-state index in [0.717, 1.165) is 12.8 Å². The van der Waals surface area contributed by atoms with Gasteiger partial charge < -0.3 is 4.74 Å². The number of sulfonamides is 1. The highest BCUT2D eigenvalue weighted by Crippen LogP contribution is 2.44. The number of hydrogen-bond acceptors (Lipinski definition) is 7. The molecular formula is C21H18ClN5O4S. The molecule has 11 heteroatoms. The van der Waals surface area contributed by atoms with E-state index in [2.05, 4.69) is 17.0 Å². The maximum absolute atomic E-state index is 12.5. The molecule has 0 aliphatic heterocycles. The normalized spacial score (nSPS) is 14.4. The van der Waals surface area contributed by atoms with Crippen molar-refractivity contribution in [3.05, 3.63) is 64.9 Å². The number of amides is 1. The quantitative estimate of drug-likeness (QED) is 0.524. The maximum Gasteiger partial charge on any atom is 0.268 e. The van der Waals surface area contributed by atoms with Gasteiger partial charge in [0.15, 0.2) is 5.82 Å². The Kier molecular flexibility index (Phi) is 5.62. The first-order valence-electron chi connectivity index (χ1n) is 9.62. The third-order valence-electron chi connectivity index (χ3n) is 5.05. The van der Waals surface area contributed by atoms with E-state index in [-0.39, 0.29) is 26.6 Å². The number of carbonyl (C=O) groups is 1. The van der Waals surface area contributed by atoms with Crippen molar-refractivity contribution < 1.29 is 17.9 Å². The highest BCUT2D eigenvalue weighted by molar-refractivity contribution is 7.90. The Balaban J connectivity index is 1.48. The largest absolute Gasteiger partial charge is 0.476 e. The molecule has 9 nitrogen and oxygen atoms in total. The average molecular weight is 472 g/mol. The van der Waals surface area contributed by atoms with Gasteiger partial charge in [0.2, 0.25) is 5.88 Å². The molecule has 1 aliphatic rings. The molecular weight excluding hydrogens is 454 g/mol. The second-order valence-electron chi connectivity index (χ2n) is 7.78. The number of nitrogens with one attached hydrogen (secondary N) is 1. The minimum atomic E-state index is -4.20. The summed E-state index contributed by atoms with van der Waals surface area (Å²) in [6.45, 7) is 2.73. The zero-order valence-corrected chi connectivity index (χ0v) is 18.5. The first-order chi connectivity index (χ1) is 15.2. The minimum absolute atomic E-state index is 0.124. The predicted molar refractivity (Wildman–Crippen MR) is 115 cm³/mol. The summed E-state index contributed by atoms with van der Waals surface area (Å²) in [5.41, 5.74) is 0.246. The molecule has 0 radical (unpaired) electrons. The van der Waals surface area contributed by atoms with E-state index in [1.54, 1.807) is 12.3 Å². The van der Waals surface area contributed by atoms with Gasteiger partial charge >= 0.3 is 0 Å². The first-order valence-corrected chi connectivity index (χ1v) is 11.5. The molecule has 4 rings (SSSR count). The van der Waals surface area contributed by atoms with Crippen LogP contribution in [0.2, 0.25) is 5.15 Å². The number of hydrogen-bond donors (Lipinski definition) is 1. The van der Waals surface area contributed by atoms with Crippen LogP contribution in [0, 0.1) is 16.7 Å². The second kappa shape index (κ2) is 8.26. The highest BCUT2D eigenvalue weighted by atomic mass is 35.5. The Labute approximate surface area is 189 Å². The first kappa shape index (κ1) is 21.8. The Bertz CT molecular complexity index is 1340. The number of benzene rings is 1. The summed E-state index contributed by atoms with van der Waals surface area (Å²) in [7, 11) is -4.20. The number of ether oxygens (including phenoxy) is 1. The Morgan fingerprint density at radius 2 is 2.09 bits per heavy atom. The summed E-state index contributed by atoms with van der Waals surface area (Å²) >= 11 is 6.15. The van der Waals surface area contributed by atoms with E-state index in [1.165, 1.54) is 41.1 Å². The van der Waals surface area contributed by atoms with Crippen LogP contribution in [-0.4, -0.2) is 35.7 Å². The van der Waals surface area contributed by atoms with Gasteiger partial charge in [0.05, 0.1) is 28.7 Å². The van der Waals surface area contributed by atoms with Crippen LogP contribution in [-0.2, 0) is 10.0 Å². The molecule has 3 aromatic rings. The Morgan fingerprint density at radius 3 is 2.78 bits per heavy atom. The van der Waals surface area contributed by atoms with Crippen LogP contribution in [0.3, 0.4) is 0 Å². The van der Waals surface area contributed by atoms with Crippen LogP contribution in [0.4, 0.5) is 0 Å². The van der Waals surface area contributed by atoms with E-state index < -0.39 is 15.9 Å². The molecule has 1 amide bonds. The van der Waals surface area contributed by atoms with Gasteiger partial charge in [0.25, 0.3) is 15.9 Å². The molecule has 0 unspecified atom stereocenters. The third kappa shape index (κ3) is 4.74. The summed E-state index contributed by atoms with van der Waals surface area (Å²) in [6.07, 6.45) is 3.91. The minimum Gasteiger partial charge on any atom is -0.476 e. The molecule has 1 fully saturated rings. The van der Waals surface area contributed by atoms with Gasteiger partial charge in [-0.3, -0.25) is 4.79 Å². The number of nitriles is 1. The lowest BCUT2D eigenvalue weighted by Crippen LogP contribution is -2.31. The lowest BCUT2D eigenvalue weighted by atomic mass is 10.2. The monoisotopic (exact) mass is 471 g/mol.